The molecule has 0 aliphatic carbocycles. The van der Waals surface area contributed by atoms with Gasteiger partial charge in [0.1, 0.15) is 19.3 Å². The van der Waals surface area contributed by atoms with Crippen LogP contribution in [0.2, 0.25) is 0 Å². The van der Waals surface area contributed by atoms with Crippen LogP contribution in [0.5, 0.6) is 0 Å². The summed E-state index contributed by atoms with van der Waals surface area (Å²) in [5.74, 6) is -1.29. The largest absolute Gasteiger partial charge is 0.467 e. The number of methoxy groups -OCH3 is 2. The Kier molecular flexibility index (Phi) is 7.57. The molecule has 0 saturated heterocycles. The molecular formula is C18H25NO6. The van der Waals surface area contributed by atoms with E-state index in [1.165, 1.54) is 26.0 Å². The summed E-state index contributed by atoms with van der Waals surface area (Å²) in [6.45, 7) is 6.50. The first-order valence-corrected chi connectivity index (χ1v) is 7.85. The molecule has 0 aliphatic heterocycles. The van der Waals surface area contributed by atoms with E-state index in [1.54, 1.807) is 6.92 Å². The van der Waals surface area contributed by atoms with Crippen molar-refractivity contribution in [2.45, 2.75) is 40.3 Å². The molecule has 138 valence electrons. The van der Waals surface area contributed by atoms with Crippen molar-refractivity contribution in [3.63, 3.8) is 0 Å². The molecule has 1 atom stereocenters. The van der Waals surface area contributed by atoms with Crippen LogP contribution in [0.15, 0.2) is 12.1 Å². The van der Waals surface area contributed by atoms with Crippen LogP contribution < -0.4 is 4.90 Å². The second-order valence-electron chi connectivity index (χ2n) is 5.69. The maximum absolute atomic E-state index is 12.6. The van der Waals surface area contributed by atoms with Gasteiger partial charge in [-0.15, -0.1) is 0 Å². The number of esters is 2. The van der Waals surface area contributed by atoms with Gasteiger partial charge in [0.05, 0.1) is 12.8 Å². The van der Waals surface area contributed by atoms with Gasteiger partial charge in [0.2, 0.25) is 0 Å². The summed E-state index contributed by atoms with van der Waals surface area (Å²) in [6, 6.07) is 2.82. The van der Waals surface area contributed by atoms with Gasteiger partial charge in [0, 0.05) is 14.0 Å². The van der Waals surface area contributed by atoms with Crippen molar-refractivity contribution in [1.82, 2.24) is 0 Å². The summed E-state index contributed by atoms with van der Waals surface area (Å²) in [4.78, 5) is 37.1. The van der Waals surface area contributed by atoms with Crippen LogP contribution in [-0.2, 0) is 35.2 Å². The molecule has 0 bridgehead atoms. The molecule has 7 heteroatoms. The molecule has 0 spiro atoms. The van der Waals surface area contributed by atoms with Crippen molar-refractivity contribution in [3.8, 4) is 0 Å². The average molecular weight is 351 g/mol. The van der Waals surface area contributed by atoms with Crippen LogP contribution in [0.4, 0.5) is 5.69 Å². The number of aryl methyl sites for hydroxylation is 1. The molecule has 0 aliphatic rings. The maximum atomic E-state index is 12.6. The zero-order valence-electron chi connectivity index (χ0n) is 15.5. The molecule has 25 heavy (non-hydrogen) atoms. The summed E-state index contributed by atoms with van der Waals surface area (Å²) in [5, 5.41) is 0. The Morgan fingerprint density at radius 1 is 1.16 bits per heavy atom. The van der Waals surface area contributed by atoms with E-state index in [9.17, 15) is 14.4 Å². The van der Waals surface area contributed by atoms with Gasteiger partial charge in [-0.1, -0.05) is 12.1 Å². The van der Waals surface area contributed by atoms with Gasteiger partial charge in [0.15, 0.2) is 0 Å². The van der Waals surface area contributed by atoms with Crippen molar-refractivity contribution in [3.05, 3.63) is 28.8 Å². The number of hydrogen-bond acceptors (Lipinski definition) is 6. The summed E-state index contributed by atoms with van der Waals surface area (Å²) < 4.78 is 14.8. The SMILES string of the molecule is COCC(=O)N(c1c(C)ccc(COC(C)=O)c1C)C(C)C(=O)OC. The number of hydrogen-bond donors (Lipinski definition) is 0. The Bertz CT molecular complexity index is 655. The lowest BCUT2D eigenvalue weighted by molar-refractivity contribution is -0.143. The first-order chi connectivity index (χ1) is 11.7. The third-order valence-corrected chi connectivity index (χ3v) is 3.88. The van der Waals surface area contributed by atoms with Crippen molar-refractivity contribution in [2.24, 2.45) is 0 Å². The second-order valence-corrected chi connectivity index (χ2v) is 5.69. The monoisotopic (exact) mass is 351 g/mol. The Balaban J connectivity index is 3.41. The number of nitrogens with zero attached hydrogens (tertiary/aromatic N) is 1. The smallest absolute Gasteiger partial charge is 0.328 e. The standard InChI is InChI=1S/C18H25NO6/c1-11-7-8-15(9-25-14(4)20)12(2)17(11)19(16(21)10-23-5)13(3)18(22)24-6/h7-8,13H,9-10H2,1-6H3. The van der Waals surface area contributed by atoms with E-state index >= 15 is 0 Å². The normalized spacial score (nSPS) is 11.6. The number of ether oxygens (including phenoxy) is 3. The molecule has 1 amide bonds. The van der Waals surface area contributed by atoms with E-state index in [2.05, 4.69) is 0 Å². The number of benzene rings is 1. The number of carbonyl (C=O) groups is 3. The van der Waals surface area contributed by atoms with Gasteiger partial charge in [-0.25, -0.2) is 4.79 Å². The van der Waals surface area contributed by atoms with Crippen LogP contribution in [0, 0.1) is 13.8 Å². The highest BCUT2D eigenvalue weighted by Gasteiger charge is 2.30. The Morgan fingerprint density at radius 3 is 2.32 bits per heavy atom. The maximum Gasteiger partial charge on any atom is 0.328 e. The predicted octanol–water partition coefficient (Wildman–Crippen LogP) is 1.91. The zero-order chi connectivity index (χ0) is 19.1. The van der Waals surface area contributed by atoms with Crippen molar-refractivity contribution < 1.29 is 28.6 Å². The Labute approximate surface area is 147 Å². The first kappa shape index (κ1) is 20.6. The van der Waals surface area contributed by atoms with E-state index in [0.717, 1.165) is 16.7 Å². The molecular weight excluding hydrogens is 326 g/mol. The van der Waals surface area contributed by atoms with Crippen molar-refractivity contribution >= 4 is 23.5 Å². The van der Waals surface area contributed by atoms with Crippen LogP contribution in [-0.4, -0.2) is 44.7 Å². The van der Waals surface area contributed by atoms with Crippen LogP contribution in [0.25, 0.3) is 0 Å². The lowest BCUT2D eigenvalue weighted by atomic mass is 10.0. The van der Waals surface area contributed by atoms with Gasteiger partial charge < -0.3 is 14.2 Å². The van der Waals surface area contributed by atoms with E-state index in [1.807, 2.05) is 26.0 Å². The summed E-state index contributed by atoms with van der Waals surface area (Å²) in [7, 11) is 2.68. The Hall–Kier alpha value is -2.41. The Morgan fingerprint density at radius 2 is 1.80 bits per heavy atom. The predicted molar refractivity (Wildman–Crippen MR) is 92.2 cm³/mol. The third kappa shape index (κ3) is 5.03. The molecule has 0 heterocycles. The van der Waals surface area contributed by atoms with Gasteiger partial charge >= 0.3 is 11.9 Å². The average Bonchev–Trinajstić information content (AvgIpc) is 2.56. The van der Waals surface area contributed by atoms with E-state index in [4.69, 9.17) is 14.2 Å². The topological polar surface area (TPSA) is 82.1 Å². The highest BCUT2D eigenvalue weighted by Crippen LogP contribution is 2.30. The second kappa shape index (κ2) is 9.17. The minimum Gasteiger partial charge on any atom is -0.467 e. The quantitative estimate of drug-likeness (QED) is 0.698. The van der Waals surface area contributed by atoms with Gasteiger partial charge in [-0.3, -0.25) is 14.5 Å². The zero-order valence-corrected chi connectivity index (χ0v) is 15.5. The number of amides is 1. The minimum atomic E-state index is -0.825. The molecule has 1 unspecified atom stereocenters. The summed E-state index contributed by atoms with van der Waals surface area (Å²) in [6.07, 6.45) is 0. The van der Waals surface area contributed by atoms with E-state index in [0.29, 0.717) is 5.69 Å². The van der Waals surface area contributed by atoms with Crippen molar-refractivity contribution in [1.29, 1.82) is 0 Å². The van der Waals surface area contributed by atoms with E-state index < -0.39 is 18.0 Å². The van der Waals surface area contributed by atoms with Crippen molar-refractivity contribution in [2.75, 3.05) is 25.7 Å². The molecule has 0 aromatic heterocycles. The van der Waals surface area contributed by atoms with Gasteiger partial charge in [-0.05, 0) is 37.5 Å². The fraction of sp³-hybridized carbons (Fsp3) is 0.500. The van der Waals surface area contributed by atoms with Crippen LogP contribution >= 0.6 is 0 Å². The molecule has 0 saturated carbocycles. The third-order valence-electron chi connectivity index (χ3n) is 3.88. The van der Waals surface area contributed by atoms with Crippen LogP contribution in [0.1, 0.15) is 30.5 Å². The molecule has 7 nitrogen and oxygen atoms in total. The van der Waals surface area contributed by atoms with Crippen LogP contribution in [0.3, 0.4) is 0 Å². The number of anilines is 1. The molecule has 0 fully saturated rings. The highest BCUT2D eigenvalue weighted by molar-refractivity contribution is 6.01. The fourth-order valence-electron chi connectivity index (χ4n) is 2.59. The number of rotatable bonds is 7. The van der Waals surface area contributed by atoms with Gasteiger partial charge in [0.25, 0.3) is 5.91 Å². The lowest BCUT2D eigenvalue weighted by Crippen LogP contribution is -2.46. The summed E-state index contributed by atoms with van der Waals surface area (Å²) >= 11 is 0. The van der Waals surface area contributed by atoms with E-state index in [-0.39, 0.29) is 19.1 Å². The first-order valence-electron chi connectivity index (χ1n) is 7.85. The molecule has 1 aromatic carbocycles. The molecule has 1 rings (SSSR count). The lowest BCUT2D eigenvalue weighted by Gasteiger charge is -2.31. The summed E-state index contributed by atoms with van der Waals surface area (Å²) in [5.41, 5.74) is 2.90. The highest BCUT2D eigenvalue weighted by atomic mass is 16.5. The molecule has 1 aromatic rings. The number of carbonyl (C=O) groups excluding carboxylic acids is 3. The van der Waals surface area contributed by atoms with Gasteiger partial charge in [-0.2, -0.15) is 0 Å². The molecule has 0 N–H and O–H groups in total. The fourth-order valence-corrected chi connectivity index (χ4v) is 2.59. The minimum absolute atomic E-state index is 0.0906. The molecule has 0 radical (unpaired) electrons.